The summed E-state index contributed by atoms with van der Waals surface area (Å²) >= 11 is 0. The lowest BCUT2D eigenvalue weighted by Gasteiger charge is -2.41. The van der Waals surface area contributed by atoms with Crippen molar-refractivity contribution in [1.29, 1.82) is 0 Å². The molecule has 0 spiro atoms. The highest BCUT2D eigenvalue weighted by molar-refractivity contribution is 6.27. The Balaban J connectivity index is 0.000000534. The molecule has 0 saturated carbocycles. The predicted molar refractivity (Wildman–Crippen MR) is 96.9 cm³/mol. The predicted octanol–water partition coefficient (Wildman–Crippen LogP) is 3.68. The van der Waals surface area contributed by atoms with E-state index in [9.17, 15) is 26.3 Å². The van der Waals surface area contributed by atoms with Crippen LogP contribution in [-0.2, 0) is 15.2 Å². The zero-order valence-electron chi connectivity index (χ0n) is 16.5. The normalized spacial score (nSPS) is 15.5. The summed E-state index contributed by atoms with van der Waals surface area (Å²) in [4.78, 5) is 20.1. The second-order valence-corrected chi connectivity index (χ2v) is 6.89. The summed E-state index contributed by atoms with van der Waals surface area (Å²) in [6, 6.07) is 5.48. The molecule has 0 atom stereocenters. The van der Waals surface area contributed by atoms with Gasteiger partial charge >= 0.3 is 11.9 Å². The van der Waals surface area contributed by atoms with Crippen LogP contribution in [0.5, 0.6) is 5.75 Å². The number of hydrogen-bond donors (Lipinski definition) is 2. The molecule has 1 saturated heterocycles. The van der Waals surface area contributed by atoms with Gasteiger partial charge in [0.15, 0.2) is 5.75 Å². The number of hydrogen-bond acceptors (Lipinski definition) is 4. The van der Waals surface area contributed by atoms with E-state index >= 15 is 0 Å². The third-order valence-electron chi connectivity index (χ3n) is 4.81. The molecule has 0 amide bonds. The maximum absolute atomic E-state index is 14.4. The van der Waals surface area contributed by atoms with Crippen molar-refractivity contribution in [3.05, 3.63) is 64.7 Å². The Morgan fingerprint density at radius 1 is 0.844 bits per heavy atom. The van der Waals surface area contributed by atoms with Crippen molar-refractivity contribution in [2.45, 2.75) is 18.4 Å². The van der Waals surface area contributed by atoms with Gasteiger partial charge in [-0.05, 0) is 13.1 Å². The molecule has 0 bridgehead atoms. The molecule has 1 heterocycles. The number of benzene rings is 2. The zero-order chi connectivity index (χ0) is 24.2. The summed E-state index contributed by atoms with van der Waals surface area (Å²) in [7, 11) is 1.80. The number of halogens is 6. The smallest absolute Gasteiger partial charge is 0.414 e. The average Bonchev–Trinajstić information content (AvgIpc) is 2.76. The van der Waals surface area contributed by atoms with Crippen molar-refractivity contribution in [2.24, 2.45) is 0 Å². The third-order valence-corrected chi connectivity index (χ3v) is 4.81. The minimum absolute atomic E-state index is 0.0111. The fourth-order valence-corrected chi connectivity index (χ4v) is 3.11. The second-order valence-electron chi connectivity index (χ2n) is 6.89. The molecule has 0 radical (unpaired) electrons. The first-order valence-electron chi connectivity index (χ1n) is 9.01. The van der Waals surface area contributed by atoms with E-state index < -0.39 is 58.2 Å². The number of carboxylic acid groups (broad SMARTS) is 2. The molecule has 0 unspecified atom stereocenters. The first kappa shape index (κ1) is 25.0. The van der Waals surface area contributed by atoms with Crippen molar-refractivity contribution in [1.82, 2.24) is 4.90 Å². The van der Waals surface area contributed by atoms with Crippen LogP contribution >= 0.6 is 0 Å². The van der Waals surface area contributed by atoms with E-state index in [1.54, 1.807) is 7.05 Å². The molecule has 2 aromatic carbocycles. The maximum Gasteiger partial charge on any atom is 0.414 e. The number of aliphatic carboxylic acids is 2. The van der Waals surface area contributed by atoms with Crippen LogP contribution in [0.1, 0.15) is 18.4 Å². The van der Waals surface area contributed by atoms with Crippen molar-refractivity contribution in [3.63, 3.8) is 0 Å². The average molecular weight is 465 g/mol. The molecule has 12 heteroatoms. The van der Waals surface area contributed by atoms with Gasteiger partial charge in [0, 0.05) is 31.5 Å². The molecule has 2 N–H and O–H groups in total. The molecule has 1 fully saturated rings. The summed E-state index contributed by atoms with van der Waals surface area (Å²) in [5.41, 5.74) is -1.53. The molecule has 3 rings (SSSR count). The van der Waals surface area contributed by atoms with Gasteiger partial charge in [-0.25, -0.2) is 27.2 Å². The second kappa shape index (κ2) is 9.90. The largest absolute Gasteiger partial charge is 0.476 e. The monoisotopic (exact) mass is 465 g/mol. The highest BCUT2D eigenvalue weighted by Crippen LogP contribution is 2.41. The van der Waals surface area contributed by atoms with Crippen LogP contribution in [0.15, 0.2) is 24.3 Å². The summed E-state index contributed by atoms with van der Waals surface area (Å²) < 4.78 is 88.1. The van der Waals surface area contributed by atoms with Crippen LogP contribution in [0.2, 0.25) is 0 Å². The third kappa shape index (κ3) is 5.13. The van der Waals surface area contributed by atoms with E-state index in [-0.39, 0.29) is 18.4 Å². The van der Waals surface area contributed by atoms with Gasteiger partial charge in [0.25, 0.3) is 0 Å². The van der Waals surface area contributed by atoms with E-state index in [0.717, 1.165) is 6.07 Å². The van der Waals surface area contributed by atoms with Gasteiger partial charge in [-0.1, -0.05) is 18.2 Å². The zero-order valence-corrected chi connectivity index (χ0v) is 16.5. The fraction of sp³-hybridized carbons (Fsp3) is 0.300. The lowest BCUT2D eigenvalue weighted by Crippen LogP contribution is -2.45. The van der Waals surface area contributed by atoms with Crippen LogP contribution in [0, 0.1) is 34.9 Å². The molecule has 0 aliphatic carbocycles. The standard InChI is InChI=1S/C18H15F6NO.C2H2O4/c1-25-8-6-18(7-9-25,10-4-2-3-5-11(10)19)26-17-15(23)13(21)12(20)14(22)16(17)24;3-1(4)2(5)6/h2-5H,6-9H2,1H3;(H,3,4)(H,5,6). The van der Waals surface area contributed by atoms with E-state index in [1.165, 1.54) is 18.2 Å². The topological polar surface area (TPSA) is 87.1 Å². The molecule has 0 aromatic heterocycles. The van der Waals surface area contributed by atoms with Gasteiger partial charge in [0.05, 0.1) is 0 Å². The fourth-order valence-electron chi connectivity index (χ4n) is 3.11. The van der Waals surface area contributed by atoms with Crippen molar-refractivity contribution in [3.8, 4) is 5.75 Å². The lowest BCUT2D eigenvalue weighted by atomic mass is 9.83. The Kier molecular flexibility index (Phi) is 7.73. The summed E-state index contributed by atoms with van der Waals surface area (Å²) in [5.74, 6) is -16.3. The van der Waals surface area contributed by atoms with Crippen LogP contribution in [-0.4, -0.2) is 47.2 Å². The van der Waals surface area contributed by atoms with Crippen molar-refractivity contribution < 1.29 is 50.9 Å². The number of carboxylic acids is 2. The number of rotatable bonds is 3. The molecule has 6 nitrogen and oxygen atoms in total. The van der Waals surface area contributed by atoms with Crippen LogP contribution < -0.4 is 4.74 Å². The van der Waals surface area contributed by atoms with Crippen LogP contribution in [0.3, 0.4) is 0 Å². The van der Waals surface area contributed by atoms with E-state index in [0.29, 0.717) is 13.1 Å². The van der Waals surface area contributed by atoms with Crippen molar-refractivity contribution in [2.75, 3.05) is 20.1 Å². The van der Waals surface area contributed by atoms with Crippen LogP contribution in [0.4, 0.5) is 26.3 Å². The number of carbonyl (C=O) groups is 2. The molecule has 32 heavy (non-hydrogen) atoms. The van der Waals surface area contributed by atoms with Gasteiger partial charge in [-0.3, -0.25) is 0 Å². The SMILES string of the molecule is CN1CCC(Oc2c(F)c(F)c(F)c(F)c2F)(c2ccccc2F)CC1.O=C(O)C(=O)O. The van der Waals surface area contributed by atoms with E-state index in [4.69, 9.17) is 24.5 Å². The highest BCUT2D eigenvalue weighted by Gasteiger charge is 2.42. The van der Waals surface area contributed by atoms with E-state index in [1.807, 2.05) is 4.90 Å². The Hall–Kier alpha value is -3.28. The van der Waals surface area contributed by atoms with E-state index in [2.05, 4.69) is 0 Å². The molecular weight excluding hydrogens is 448 g/mol. The number of likely N-dealkylation sites (tertiary alicyclic amines) is 1. The summed E-state index contributed by atoms with van der Waals surface area (Å²) in [6.45, 7) is 0.785. The molecule has 174 valence electrons. The van der Waals surface area contributed by atoms with Gasteiger partial charge in [-0.2, -0.15) is 8.78 Å². The number of nitrogens with zero attached hydrogens (tertiary/aromatic N) is 1. The Labute approximate surface area is 177 Å². The van der Waals surface area contributed by atoms with Crippen molar-refractivity contribution >= 4 is 11.9 Å². The minimum Gasteiger partial charge on any atom is -0.476 e. The van der Waals surface area contributed by atoms with Gasteiger partial charge in [-0.15, -0.1) is 0 Å². The van der Waals surface area contributed by atoms with Gasteiger partial charge in [0.2, 0.25) is 29.1 Å². The quantitative estimate of drug-likeness (QED) is 0.311. The molecular formula is C20H17F6NO5. The summed E-state index contributed by atoms with van der Waals surface area (Å²) in [5, 5.41) is 14.8. The molecule has 1 aliphatic rings. The Bertz CT molecular complexity index is 983. The minimum atomic E-state index is -2.27. The lowest BCUT2D eigenvalue weighted by molar-refractivity contribution is -0.159. The van der Waals surface area contributed by atoms with Gasteiger partial charge < -0.3 is 19.8 Å². The highest BCUT2D eigenvalue weighted by atomic mass is 19.2. The van der Waals surface area contributed by atoms with Gasteiger partial charge in [0.1, 0.15) is 11.4 Å². The first-order valence-corrected chi connectivity index (χ1v) is 9.01. The number of piperidine rings is 1. The molecule has 1 aliphatic heterocycles. The maximum atomic E-state index is 14.4. The number of ether oxygens (including phenoxy) is 1. The Morgan fingerprint density at radius 3 is 1.72 bits per heavy atom. The Morgan fingerprint density at radius 2 is 1.28 bits per heavy atom. The van der Waals surface area contributed by atoms with Crippen LogP contribution in [0.25, 0.3) is 0 Å². The molecule has 2 aromatic rings. The first-order chi connectivity index (χ1) is 14.9. The summed E-state index contributed by atoms with van der Waals surface area (Å²) in [6.07, 6.45) is 0.230.